The van der Waals surface area contributed by atoms with Crippen LogP contribution in [0.25, 0.3) is 5.65 Å². The average Bonchev–Trinajstić information content (AvgIpc) is 3.15. The van der Waals surface area contributed by atoms with E-state index in [0.29, 0.717) is 44.5 Å². The number of amides is 1. The number of alkyl halides is 3. The molecule has 2 fully saturated rings. The smallest absolute Gasteiger partial charge is 0.355 e. The van der Waals surface area contributed by atoms with Crippen molar-refractivity contribution in [2.45, 2.75) is 31.9 Å². The van der Waals surface area contributed by atoms with Crippen LogP contribution < -0.4 is 4.90 Å². The number of carbonyl (C=O) groups excluding carboxylic acids is 1. The summed E-state index contributed by atoms with van der Waals surface area (Å²) in [6.07, 6.45) is -0.931. The first-order valence-electron chi connectivity index (χ1n) is 9.19. The van der Waals surface area contributed by atoms with E-state index in [1.165, 1.54) is 11.2 Å². The van der Waals surface area contributed by atoms with Crippen molar-refractivity contribution in [3.63, 3.8) is 0 Å². The van der Waals surface area contributed by atoms with Crippen molar-refractivity contribution in [1.29, 1.82) is 0 Å². The number of nitrogens with zero attached hydrogens (tertiary/aromatic N) is 6. The number of rotatable bonds is 2. The molecule has 1 amide bonds. The van der Waals surface area contributed by atoms with Gasteiger partial charge in [-0.3, -0.25) is 4.79 Å². The molecule has 0 N–H and O–H groups in total. The molecule has 0 radical (unpaired) electrons. The highest BCUT2D eigenvalue weighted by molar-refractivity contribution is 5.79. The van der Waals surface area contributed by atoms with Gasteiger partial charge < -0.3 is 9.80 Å². The van der Waals surface area contributed by atoms with Crippen LogP contribution in [-0.4, -0.2) is 63.0 Å². The Morgan fingerprint density at radius 3 is 2.63 bits per heavy atom. The first-order valence-corrected chi connectivity index (χ1v) is 9.19. The number of piperidine rings is 2. The van der Waals surface area contributed by atoms with Crippen LogP contribution in [0.2, 0.25) is 0 Å². The van der Waals surface area contributed by atoms with E-state index < -0.39 is 12.1 Å². The minimum Gasteiger partial charge on any atom is -0.355 e. The molecule has 0 saturated carbocycles. The average molecular weight is 382 g/mol. The van der Waals surface area contributed by atoms with E-state index in [1.807, 2.05) is 12.1 Å². The molecule has 1 atom stereocenters. The Morgan fingerprint density at radius 2 is 1.89 bits per heavy atom. The van der Waals surface area contributed by atoms with Gasteiger partial charge in [0.15, 0.2) is 5.65 Å². The summed E-state index contributed by atoms with van der Waals surface area (Å²) in [7, 11) is 0. The Hall–Kier alpha value is -2.39. The molecule has 2 saturated heterocycles. The van der Waals surface area contributed by atoms with Crippen molar-refractivity contribution in [3.05, 3.63) is 18.5 Å². The van der Waals surface area contributed by atoms with Gasteiger partial charge in [-0.05, 0) is 37.8 Å². The van der Waals surface area contributed by atoms with E-state index in [-0.39, 0.29) is 24.8 Å². The van der Waals surface area contributed by atoms with Crippen molar-refractivity contribution >= 4 is 17.4 Å². The number of hydrogen-bond donors (Lipinski definition) is 0. The fraction of sp³-hybridized carbons (Fsp3) is 0.647. The van der Waals surface area contributed by atoms with Gasteiger partial charge in [0.1, 0.15) is 12.1 Å². The number of hydrogen-bond acceptors (Lipinski definition) is 5. The highest BCUT2D eigenvalue weighted by atomic mass is 19.4. The van der Waals surface area contributed by atoms with Gasteiger partial charge in [-0.2, -0.15) is 17.7 Å². The van der Waals surface area contributed by atoms with Crippen LogP contribution in [-0.2, 0) is 4.79 Å². The van der Waals surface area contributed by atoms with Crippen molar-refractivity contribution in [1.82, 2.24) is 24.7 Å². The number of fused-ring (bicyclic) bond motifs is 1. The first-order chi connectivity index (χ1) is 12.9. The number of halogens is 3. The second-order valence-electron chi connectivity index (χ2n) is 7.25. The predicted molar refractivity (Wildman–Crippen MR) is 91.1 cm³/mol. The maximum atomic E-state index is 13.0. The van der Waals surface area contributed by atoms with Gasteiger partial charge in [0.05, 0.1) is 5.92 Å². The Morgan fingerprint density at radius 1 is 1.11 bits per heavy atom. The highest BCUT2D eigenvalue weighted by Crippen LogP contribution is 2.34. The third kappa shape index (κ3) is 3.70. The molecule has 2 aliphatic rings. The van der Waals surface area contributed by atoms with Crippen LogP contribution >= 0.6 is 0 Å². The second-order valence-corrected chi connectivity index (χ2v) is 7.25. The molecule has 146 valence electrons. The zero-order chi connectivity index (χ0) is 19.0. The molecule has 4 rings (SSSR count). The third-order valence-corrected chi connectivity index (χ3v) is 5.51. The number of likely N-dealkylation sites (tertiary alicyclic amines) is 1. The minimum absolute atomic E-state index is 0.114. The van der Waals surface area contributed by atoms with E-state index in [1.54, 1.807) is 4.52 Å². The molecule has 7 nitrogen and oxygen atoms in total. The van der Waals surface area contributed by atoms with Crippen molar-refractivity contribution in [2.75, 3.05) is 31.1 Å². The molecular weight excluding hydrogens is 361 g/mol. The van der Waals surface area contributed by atoms with E-state index in [4.69, 9.17) is 0 Å². The fourth-order valence-electron chi connectivity index (χ4n) is 3.95. The van der Waals surface area contributed by atoms with Crippen LogP contribution in [0.5, 0.6) is 0 Å². The van der Waals surface area contributed by atoms with Crippen LogP contribution in [0.15, 0.2) is 18.5 Å². The van der Waals surface area contributed by atoms with Gasteiger partial charge in [0, 0.05) is 32.1 Å². The molecule has 10 heteroatoms. The second kappa shape index (κ2) is 6.97. The van der Waals surface area contributed by atoms with Gasteiger partial charge in [-0.15, -0.1) is 15.3 Å². The lowest BCUT2D eigenvalue weighted by atomic mass is 9.92. The molecule has 0 bridgehead atoms. The zero-order valence-electron chi connectivity index (χ0n) is 14.8. The lowest BCUT2D eigenvalue weighted by Crippen LogP contribution is -2.48. The number of anilines is 1. The van der Waals surface area contributed by atoms with Crippen molar-refractivity contribution in [3.8, 4) is 0 Å². The van der Waals surface area contributed by atoms with Gasteiger partial charge >= 0.3 is 6.18 Å². The molecule has 0 aromatic carbocycles. The normalized spacial score (nSPS) is 22.4. The van der Waals surface area contributed by atoms with Gasteiger partial charge in [-0.25, -0.2) is 0 Å². The van der Waals surface area contributed by atoms with Crippen LogP contribution in [0.4, 0.5) is 19.0 Å². The predicted octanol–water partition coefficient (Wildman–Crippen LogP) is 2.14. The van der Waals surface area contributed by atoms with Crippen molar-refractivity contribution in [2.24, 2.45) is 11.8 Å². The SMILES string of the molecule is O=C(C1CCN(c2ccc3nncn3n2)CC1)N1CCC[C@H](C(F)(F)F)C1. The summed E-state index contributed by atoms with van der Waals surface area (Å²) in [5, 5.41) is 12.2. The largest absolute Gasteiger partial charge is 0.393 e. The quantitative estimate of drug-likeness (QED) is 0.796. The molecular formula is C17H21F3N6O. The summed E-state index contributed by atoms with van der Waals surface area (Å²) >= 11 is 0. The lowest BCUT2D eigenvalue weighted by Gasteiger charge is -2.38. The van der Waals surface area contributed by atoms with E-state index in [0.717, 1.165) is 5.82 Å². The zero-order valence-corrected chi connectivity index (χ0v) is 14.8. The molecule has 0 spiro atoms. The van der Waals surface area contributed by atoms with Crippen LogP contribution in [0.1, 0.15) is 25.7 Å². The third-order valence-electron chi connectivity index (χ3n) is 5.51. The lowest BCUT2D eigenvalue weighted by molar-refractivity contribution is -0.188. The number of aromatic nitrogens is 4. The molecule has 2 aromatic heterocycles. The summed E-state index contributed by atoms with van der Waals surface area (Å²) in [4.78, 5) is 16.2. The van der Waals surface area contributed by atoms with Crippen molar-refractivity contribution < 1.29 is 18.0 Å². The highest BCUT2D eigenvalue weighted by Gasteiger charge is 2.43. The topological polar surface area (TPSA) is 66.6 Å². The fourth-order valence-corrected chi connectivity index (χ4v) is 3.95. The van der Waals surface area contributed by atoms with Crippen LogP contribution in [0.3, 0.4) is 0 Å². The van der Waals surface area contributed by atoms with E-state index in [9.17, 15) is 18.0 Å². The Bertz CT molecular complexity index is 814. The molecule has 2 aromatic rings. The maximum absolute atomic E-state index is 13.0. The summed E-state index contributed by atoms with van der Waals surface area (Å²) in [6.45, 7) is 1.52. The standard InChI is InChI=1S/C17H21F3N6O/c18-17(19,20)13-2-1-7-25(10-13)16(27)12-5-8-24(9-6-12)15-4-3-14-22-21-11-26(14)23-15/h3-4,11-13H,1-2,5-10H2/t13-/m0/s1. The molecule has 4 heterocycles. The van der Waals surface area contributed by atoms with Gasteiger partial charge in [-0.1, -0.05) is 0 Å². The maximum Gasteiger partial charge on any atom is 0.393 e. The molecule has 27 heavy (non-hydrogen) atoms. The Balaban J connectivity index is 1.36. The van der Waals surface area contributed by atoms with E-state index >= 15 is 0 Å². The summed E-state index contributed by atoms with van der Waals surface area (Å²) in [6, 6.07) is 3.70. The molecule has 0 unspecified atom stereocenters. The summed E-state index contributed by atoms with van der Waals surface area (Å²) in [5.41, 5.74) is 0.660. The van der Waals surface area contributed by atoms with Gasteiger partial charge in [0.25, 0.3) is 0 Å². The summed E-state index contributed by atoms with van der Waals surface area (Å²) in [5.74, 6) is -0.962. The van der Waals surface area contributed by atoms with Crippen LogP contribution in [0, 0.1) is 11.8 Å². The summed E-state index contributed by atoms with van der Waals surface area (Å²) < 4.78 is 40.5. The Kier molecular flexibility index (Phi) is 4.65. The molecule has 2 aliphatic heterocycles. The monoisotopic (exact) mass is 382 g/mol. The van der Waals surface area contributed by atoms with E-state index in [2.05, 4.69) is 20.2 Å². The molecule has 0 aliphatic carbocycles. The Labute approximate surface area is 154 Å². The first kappa shape index (κ1) is 18.0. The number of carbonyl (C=O) groups is 1. The van der Waals surface area contributed by atoms with Gasteiger partial charge in [0.2, 0.25) is 5.91 Å². The minimum atomic E-state index is -4.23.